The lowest BCUT2D eigenvalue weighted by Crippen LogP contribution is -2.70. The molecule has 0 unspecified atom stereocenters. The Labute approximate surface area is 314 Å². The van der Waals surface area contributed by atoms with Crippen molar-refractivity contribution in [3.63, 3.8) is 0 Å². The summed E-state index contributed by atoms with van der Waals surface area (Å²) in [5.41, 5.74) is 26.0. The number of hydrogen-bond acceptors (Lipinski definition) is 4. The van der Waals surface area contributed by atoms with Crippen molar-refractivity contribution in [1.29, 1.82) is 0 Å². The highest BCUT2D eigenvalue weighted by Crippen LogP contribution is 2.55. The maximum atomic E-state index is 2.66. The summed E-state index contributed by atoms with van der Waals surface area (Å²) in [4.78, 5) is 10.4. The molecule has 0 aliphatic carbocycles. The van der Waals surface area contributed by atoms with Crippen molar-refractivity contribution in [2.75, 3.05) is 19.5 Å². The summed E-state index contributed by atoms with van der Waals surface area (Å²) in [6, 6.07) is 63.5. The van der Waals surface area contributed by atoms with Crippen LogP contribution in [0.3, 0.4) is 0 Å². The molecule has 0 fully saturated rings. The highest BCUT2D eigenvalue weighted by molar-refractivity contribution is 7.04. The smallest absolute Gasteiger partial charge is 0.333 e. The molecule has 8 aromatic rings. The van der Waals surface area contributed by atoms with Gasteiger partial charge in [0, 0.05) is 73.7 Å². The molecule has 0 radical (unpaired) electrons. The molecule has 0 saturated heterocycles. The molecule has 8 aromatic carbocycles. The first-order valence-corrected chi connectivity index (χ1v) is 18.9. The molecule has 14 rings (SSSR count). The molecular formula is C48H28B2N4. The first-order chi connectivity index (χ1) is 26.9. The fourth-order valence-electron chi connectivity index (χ4n) is 11.0. The lowest BCUT2D eigenvalue weighted by atomic mass is 9.29. The van der Waals surface area contributed by atoms with E-state index < -0.39 is 0 Å². The van der Waals surface area contributed by atoms with E-state index in [0.29, 0.717) is 0 Å². The van der Waals surface area contributed by atoms with Crippen LogP contribution in [0.1, 0.15) is 0 Å². The topological polar surface area (TPSA) is 13.0 Å². The highest BCUT2D eigenvalue weighted by atomic mass is 15.2. The average molecular weight is 682 g/mol. The molecule has 0 N–H and O–H groups in total. The number of hydrogen-bond donors (Lipinski definition) is 0. The Balaban J connectivity index is 1.20. The molecule has 0 atom stereocenters. The molecule has 54 heavy (non-hydrogen) atoms. The van der Waals surface area contributed by atoms with Crippen molar-refractivity contribution in [2.24, 2.45) is 0 Å². The van der Waals surface area contributed by atoms with Crippen molar-refractivity contribution >= 4 is 103 Å². The molecule has 6 aliphatic rings. The maximum absolute atomic E-state index is 2.66. The molecule has 0 aromatic heterocycles. The number of benzene rings is 8. The van der Waals surface area contributed by atoms with Gasteiger partial charge < -0.3 is 19.5 Å². The van der Waals surface area contributed by atoms with Crippen molar-refractivity contribution in [3.8, 4) is 22.3 Å². The van der Waals surface area contributed by atoms with E-state index in [-0.39, 0.29) is 13.6 Å². The summed E-state index contributed by atoms with van der Waals surface area (Å²) < 4.78 is 0. The molecule has 246 valence electrons. The van der Waals surface area contributed by atoms with Crippen LogP contribution in [0.25, 0.3) is 22.3 Å². The number of fused-ring (bicyclic) bond motifs is 8. The normalized spacial score (nSPS) is 14.8. The van der Waals surface area contributed by atoms with Gasteiger partial charge in [0.05, 0.1) is 0 Å². The summed E-state index contributed by atoms with van der Waals surface area (Å²) in [6.07, 6.45) is 0. The monoisotopic (exact) mass is 682 g/mol. The van der Waals surface area contributed by atoms with Gasteiger partial charge in [-0.25, -0.2) is 0 Å². The van der Waals surface area contributed by atoms with Gasteiger partial charge >= 0.3 is 6.85 Å². The Morgan fingerprint density at radius 2 is 0.741 bits per heavy atom. The highest BCUT2D eigenvalue weighted by Gasteiger charge is 2.56. The van der Waals surface area contributed by atoms with Gasteiger partial charge in [0.2, 0.25) is 0 Å². The van der Waals surface area contributed by atoms with Gasteiger partial charge in [0.1, 0.15) is 0 Å². The lowest BCUT2D eigenvalue weighted by molar-refractivity contribution is 1.21. The average Bonchev–Trinajstić information content (AvgIpc) is 3.24. The minimum absolute atomic E-state index is 0.0449. The van der Waals surface area contributed by atoms with Crippen LogP contribution in [-0.2, 0) is 0 Å². The maximum Gasteiger partial charge on any atom is 0.333 e. The first-order valence-electron chi connectivity index (χ1n) is 18.9. The Morgan fingerprint density at radius 3 is 1.35 bits per heavy atom. The fourth-order valence-corrected chi connectivity index (χ4v) is 11.0. The molecule has 0 amide bonds. The quantitative estimate of drug-likeness (QED) is 0.169. The number of para-hydroxylation sites is 4. The molecule has 0 bridgehead atoms. The van der Waals surface area contributed by atoms with Gasteiger partial charge in [-0.2, -0.15) is 0 Å². The standard InChI is InChI=1S/C48H28B2N4/c1-3-14-29(15-4-1)51-38-24-12-26-40-45(38)49-46-39(51)25-13-27-41(46)53-37-23-11-20-33-31-18-7-9-21-35(31)54-36-22-10-8-19-32(36)34-28-42(52(40)30-16-5-2-6-17-30)47(49)48(53)44(34)50(54)43(33)37/h1-28H. The van der Waals surface area contributed by atoms with E-state index in [9.17, 15) is 0 Å². The zero-order valence-electron chi connectivity index (χ0n) is 29.1. The second-order valence-corrected chi connectivity index (χ2v) is 15.2. The molecule has 6 heterocycles. The van der Waals surface area contributed by atoms with E-state index in [1.54, 1.807) is 0 Å². The summed E-state index contributed by atoms with van der Waals surface area (Å²) >= 11 is 0. The van der Waals surface area contributed by atoms with E-state index in [1.807, 2.05) is 0 Å². The lowest BCUT2D eigenvalue weighted by Gasteiger charge is -2.54. The summed E-state index contributed by atoms with van der Waals surface area (Å²) in [7, 11) is 0. The van der Waals surface area contributed by atoms with Crippen LogP contribution in [0.2, 0.25) is 0 Å². The van der Waals surface area contributed by atoms with Gasteiger partial charge in [-0.05, 0) is 111 Å². The second-order valence-electron chi connectivity index (χ2n) is 15.2. The summed E-state index contributed by atoms with van der Waals surface area (Å²) in [5.74, 6) is 0. The van der Waals surface area contributed by atoms with Gasteiger partial charge in [0.25, 0.3) is 6.71 Å². The predicted octanol–water partition coefficient (Wildman–Crippen LogP) is 8.77. The molecule has 6 aliphatic heterocycles. The molecule has 4 nitrogen and oxygen atoms in total. The van der Waals surface area contributed by atoms with Gasteiger partial charge in [-0.1, -0.05) is 97.1 Å². The third-order valence-corrected chi connectivity index (χ3v) is 12.8. The summed E-state index contributed by atoms with van der Waals surface area (Å²) in [5, 5.41) is 0. The van der Waals surface area contributed by atoms with Crippen LogP contribution in [0.4, 0.5) is 62.6 Å². The van der Waals surface area contributed by atoms with E-state index >= 15 is 0 Å². The van der Waals surface area contributed by atoms with E-state index in [2.05, 4.69) is 189 Å². The number of anilines is 11. The van der Waals surface area contributed by atoms with Crippen molar-refractivity contribution in [2.45, 2.75) is 0 Å². The number of nitrogens with zero attached hydrogens (tertiary/aromatic N) is 4. The Hall–Kier alpha value is -6.91. The van der Waals surface area contributed by atoms with Crippen LogP contribution in [-0.4, -0.2) is 13.6 Å². The Kier molecular flexibility index (Phi) is 4.90. The Morgan fingerprint density at radius 1 is 0.296 bits per heavy atom. The molecule has 6 heteroatoms. The van der Waals surface area contributed by atoms with E-state index in [4.69, 9.17) is 0 Å². The summed E-state index contributed by atoms with van der Waals surface area (Å²) in [6.45, 7) is 0.114. The van der Waals surface area contributed by atoms with E-state index in [0.717, 1.165) is 0 Å². The van der Waals surface area contributed by atoms with Gasteiger partial charge in [-0.3, -0.25) is 0 Å². The van der Waals surface area contributed by atoms with Crippen LogP contribution in [0.15, 0.2) is 170 Å². The van der Waals surface area contributed by atoms with Crippen LogP contribution >= 0.6 is 0 Å². The third-order valence-electron chi connectivity index (χ3n) is 12.8. The minimum Gasteiger partial charge on any atom is -0.376 e. The molecule has 0 spiro atoms. The molecular weight excluding hydrogens is 654 g/mol. The van der Waals surface area contributed by atoms with Crippen LogP contribution in [0.5, 0.6) is 0 Å². The van der Waals surface area contributed by atoms with E-state index in [1.165, 1.54) is 112 Å². The van der Waals surface area contributed by atoms with Crippen molar-refractivity contribution < 1.29 is 0 Å². The Bertz CT molecular complexity index is 3000. The van der Waals surface area contributed by atoms with Gasteiger partial charge in [-0.15, -0.1) is 0 Å². The van der Waals surface area contributed by atoms with Gasteiger partial charge in [0.15, 0.2) is 0 Å². The minimum atomic E-state index is 0.0449. The molecule has 0 saturated carbocycles. The third kappa shape index (κ3) is 3.07. The zero-order chi connectivity index (χ0) is 34.8. The zero-order valence-corrected chi connectivity index (χ0v) is 29.1. The predicted molar refractivity (Wildman–Crippen MR) is 227 cm³/mol. The van der Waals surface area contributed by atoms with Crippen LogP contribution in [0, 0.1) is 0 Å². The van der Waals surface area contributed by atoms with Crippen molar-refractivity contribution in [1.82, 2.24) is 0 Å². The van der Waals surface area contributed by atoms with Crippen LogP contribution < -0.4 is 46.8 Å². The first kappa shape index (κ1) is 27.7. The fraction of sp³-hybridized carbons (Fsp3) is 0. The SMILES string of the molecule is c1ccc(N2c3cccc4c3B3c5c2cccc5N2c5cccc6c5B5c7c(cc(c3c72)N4c2ccccc2)-c2ccccc2N5c2ccccc2-6)cc1. The largest absolute Gasteiger partial charge is 0.376 e. The second kappa shape index (κ2) is 9.54. The van der Waals surface area contributed by atoms with Crippen molar-refractivity contribution in [3.05, 3.63) is 170 Å². The number of rotatable bonds is 2.